The van der Waals surface area contributed by atoms with Gasteiger partial charge in [-0.25, -0.2) is 4.39 Å². The van der Waals surface area contributed by atoms with Gasteiger partial charge in [-0.15, -0.1) is 0 Å². The van der Waals surface area contributed by atoms with Gasteiger partial charge in [0.05, 0.1) is 17.3 Å². The lowest BCUT2D eigenvalue weighted by molar-refractivity contribution is 0.495. The zero-order chi connectivity index (χ0) is 11.5. The lowest BCUT2D eigenvalue weighted by Gasteiger charge is -2.07. The van der Waals surface area contributed by atoms with Crippen molar-refractivity contribution in [3.05, 3.63) is 51.6 Å². The molecular formula is C11H8BrClFNO. The van der Waals surface area contributed by atoms with E-state index in [0.29, 0.717) is 22.0 Å². The molecule has 1 N–H and O–H groups in total. The summed E-state index contributed by atoms with van der Waals surface area (Å²) in [6.45, 7) is 0.381. The molecular weight excluding hydrogens is 296 g/mol. The summed E-state index contributed by atoms with van der Waals surface area (Å²) >= 11 is 9.05. The van der Waals surface area contributed by atoms with Crippen molar-refractivity contribution in [1.82, 2.24) is 0 Å². The SMILES string of the molecule is Fc1cccc(Cl)c1NCc1ccc(Br)o1. The average Bonchev–Trinajstić information content (AvgIpc) is 2.63. The van der Waals surface area contributed by atoms with E-state index < -0.39 is 0 Å². The monoisotopic (exact) mass is 303 g/mol. The molecule has 0 radical (unpaired) electrons. The Bertz CT molecular complexity index is 480. The highest BCUT2D eigenvalue weighted by Gasteiger charge is 2.07. The summed E-state index contributed by atoms with van der Waals surface area (Å²) in [7, 11) is 0. The molecule has 0 saturated heterocycles. The quantitative estimate of drug-likeness (QED) is 0.906. The van der Waals surface area contributed by atoms with Gasteiger partial charge in [-0.3, -0.25) is 0 Å². The Balaban J connectivity index is 2.10. The van der Waals surface area contributed by atoms with Gasteiger partial charge in [0.2, 0.25) is 0 Å². The second-order valence-corrected chi connectivity index (χ2v) is 4.34. The number of rotatable bonds is 3. The second-order valence-electron chi connectivity index (χ2n) is 3.16. The van der Waals surface area contributed by atoms with E-state index in [1.807, 2.05) is 0 Å². The molecule has 0 aliphatic rings. The minimum Gasteiger partial charge on any atom is -0.452 e. The summed E-state index contributed by atoms with van der Waals surface area (Å²) in [6.07, 6.45) is 0. The molecule has 0 bridgehead atoms. The van der Waals surface area contributed by atoms with Crippen molar-refractivity contribution in [2.24, 2.45) is 0 Å². The van der Waals surface area contributed by atoms with Gasteiger partial charge in [0.15, 0.2) is 4.67 Å². The molecule has 0 amide bonds. The Hall–Kier alpha value is -1.000. The molecule has 16 heavy (non-hydrogen) atoms. The average molecular weight is 305 g/mol. The zero-order valence-electron chi connectivity index (χ0n) is 8.14. The topological polar surface area (TPSA) is 25.2 Å². The van der Waals surface area contributed by atoms with Crippen LogP contribution in [0.4, 0.5) is 10.1 Å². The molecule has 0 fully saturated rings. The van der Waals surface area contributed by atoms with Crippen LogP contribution in [0.3, 0.4) is 0 Å². The van der Waals surface area contributed by atoms with E-state index in [0.717, 1.165) is 0 Å². The molecule has 2 nitrogen and oxygen atoms in total. The Labute approximate surface area is 106 Å². The van der Waals surface area contributed by atoms with E-state index in [-0.39, 0.29) is 11.5 Å². The number of para-hydroxylation sites is 1. The molecule has 2 rings (SSSR count). The van der Waals surface area contributed by atoms with E-state index in [1.54, 1.807) is 24.3 Å². The van der Waals surface area contributed by atoms with E-state index in [1.165, 1.54) is 6.07 Å². The van der Waals surface area contributed by atoms with Crippen molar-refractivity contribution in [2.75, 3.05) is 5.32 Å². The maximum absolute atomic E-state index is 13.4. The number of halogens is 3. The summed E-state index contributed by atoms with van der Waals surface area (Å²) in [4.78, 5) is 0. The van der Waals surface area contributed by atoms with Crippen LogP contribution in [0.2, 0.25) is 5.02 Å². The molecule has 0 saturated carbocycles. The molecule has 1 aromatic carbocycles. The number of furan rings is 1. The molecule has 84 valence electrons. The summed E-state index contributed by atoms with van der Waals surface area (Å²) in [5.74, 6) is 0.323. The highest BCUT2D eigenvalue weighted by molar-refractivity contribution is 9.10. The minimum atomic E-state index is -0.377. The van der Waals surface area contributed by atoms with Gasteiger partial charge in [0.1, 0.15) is 11.6 Å². The standard InChI is InChI=1S/C11H8BrClFNO/c12-10-5-4-7(16-10)6-15-11-8(13)2-1-3-9(11)14/h1-5,15H,6H2. The smallest absolute Gasteiger partial charge is 0.169 e. The Kier molecular flexibility index (Phi) is 3.51. The molecule has 0 aliphatic carbocycles. The first-order valence-corrected chi connectivity index (χ1v) is 5.76. The maximum Gasteiger partial charge on any atom is 0.169 e. The first kappa shape index (κ1) is 11.5. The predicted molar refractivity (Wildman–Crippen MR) is 65.1 cm³/mol. The van der Waals surface area contributed by atoms with Crippen molar-refractivity contribution in [3.63, 3.8) is 0 Å². The van der Waals surface area contributed by atoms with Crippen LogP contribution in [-0.2, 0) is 6.54 Å². The highest BCUT2D eigenvalue weighted by Crippen LogP contribution is 2.25. The third-order valence-corrected chi connectivity index (χ3v) is 2.77. The summed E-state index contributed by atoms with van der Waals surface area (Å²) in [6, 6.07) is 8.12. The van der Waals surface area contributed by atoms with Crippen molar-refractivity contribution in [2.45, 2.75) is 6.54 Å². The Morgan fingerprint density at radius 3 is 2.75 bits per heavy atom. The highest BCUT2D eigenvalue weighted by atomic mass is 79.9. The Morgan fingerprint density at radius 1 is 1.31 bits per heavy atom. The summed E-state index contributed by atoms with van der Waals surface area (Å²) < 4.78 is 19.3. The number of hydrogen-bond acceptors (Lipinski definition) is 2. The predicted octanol–water partition coefficient (Wildman–Crippen LogP) is 4.45. The molecule has 0 aliphatic heterocycles. The first-order valence-electron chi connectivity index (χ1n) is 4.59. The van der Waals surface area contributed by atoms with Gasteiger partial charge in [-0.1, -0.05) is 17.7 Å². The number of nitrogens with one attached hydrogen (secondary N) is 1. The lowest BCUT2D eigenvalue weighted by Crippen LogP contribution is -2.00. The second kappa shape index (κ2) is 4.89. The van der Waals surface area contributed by atoms with Gasteiger partial charge < -0.3 is 9.73 Å². The molecule has 1 heterocycles. The van der Waals surface area contributed by atoms with E-state index in [9.17, 15) is 4.39 Å². The maximum atomic E-state index is 13.4. The van der Waals surface area contributed by atoms with Crippen LogP contribution in [0, 0.1) is 5.82 Å². The van der Waals surface area contributed by atoms with E-state index in [2.05, 4.69) is 21.2 Å². The van der Waals surface area contributed by atoms with Crippen LogP contribution in [-0.4, -0.2) is 0 Å². The molecule has 5 heteroatoms. The largest absolute Gasteiger partial charge is 0.452 e. The van der Waals surface area contributed by atoms with Crippen LogP contribution >= 0.6 is 27.5 Å². The van der Waals surface area contributed by atoms with Crippen LogP contribution in [0.25, 0.3) is 0 Å². The minimum absolute atomic E-state index is 0.289. The number of anilines is 1. The lowest BCUT2D eigenvalue weighted by atomic mass is 10.3. The summed E-state index contributed by atoms with van der Waals surface area (Å²) in [5.41, 5.74) is 0.289. The van der Waals surface area contributed by atoms with Gasteiger partial charge >= 0.3 is 0 Å². The van der Waals surface area contributed by atoms with Gasteiger partial charge in [0, 0.05) is 0 Å². The third-order valence-electron chi connectivity index (χ3n) is 2.03. The zero-order valence-corrected chi connectivity index (χ0v) is 10.5. The fraction of sp³-hybridized carbons (Fsp3) is 0.0909. The number of hydrogen-bond donors (Lipinski definition) is 1. The van der Waals surface area contributed by atoms with Crippen LogP contribution in [0.15, 0.2) is 39.4 Å². The normalized spacial score (nSPS) is 10.4. The van der Waals surface area contributed by atoms with Gasteiger partial charge in [0.25, 0.3) is 0 Å². The number of benzene rings is 1. The summed E-state index contributed by atoms with van der Waals surface area (Å²) in [5, 5.41) is 3.24. The molecule has 2 aromatic rings. The van der Waals surface area contributed by atoms with E-state index in [4.69, 9.17) is 16.0 Å². The fourth-order valence-corrected chi connectivity index (χ4v) is 1.86. The van der Waals surface area contributed by atoms with Gasteiger partial charge in [-0.2, -0.15) is 0 Å². The van der Waals surface area contributed by atoms with Crippen molar-refractivity contribution < 1.29 is 8.81 Å². The third kappa shape index (κ3) is 2.57. The first-order chi connectivity index (χ1) is 7.66. The molecule has 1 aromatic heterocycles. The van der Waals surface area contributed by atoms with Gasteiger partial charge in [-0.05, 0) is 40.2 Å². The Morgan fingerprint density at radius 2 is 2.12 bits per heavy atom. The van der Waals surface area contributed by atoms with Crippen molar-refractivity contribution in [3.8, 4) is 0 Å². The fourth-order valence-electron chi connectivity index (χ4n) is 1.29. The molecule has 0 spiro atoms. The van der Waals surface area contributed by atoms with Crippen molar-refractivity contribution >= 4 is 33.2 Å². The van der Waals surface area contributed by atoms with Crippen LogP contribution in [0.1, 0.15) is 5.76 Å². The molecule has 0 unspecified atom stereocenters. The van der Waals surface area contributed by atoms with Crippen LogP contribution < -0.4 is 5.32 Å². The van der Waals surface area contributed by atoms with Crippen LogP contribution in [0.5, 0.6) is 0 Å². The van der Waals surface area contributed by atoms with E-state index >= 15 is 0 Å². The molecule has 0 atom stereocenters. The van der Waals surface area contributed by atoms with Crippen molar-refractivity contribution in [1.29, 1.82) is 0 Å².